The molecule has 0 radical (unpaired) electrons. The predicted octanol–water partition coefficient (Wildman–Crippen LogP) is 3.16. The first-order valence-corrected chi connectivity index (χ1v) is 8.92. The number of furan rings is 1. The Morgan fingerprint density at radius 3 is 2.31 bits per heavy atom. The number of amides is 2. The molecule has 2 amide bonds. The SMILES string of the molecule is C[C@@H](NC(=O)/C(=C/c1ccc(Br)cc1)NC(=O)c1ccc(Br)o1)C(=O)O. The van der Waals surface area contributed by atoms with E-state index in [1.165, 1.54) is 19.1 Å². The number of carbonyl (C=O) groups excluding carboxylic acids is 2. The molecule has 26 heavy (non-hydrogen) atoms. The van der Waals surface area contributed by atoms with Crippen molar-refractivity contribution in [1.29, 1.82) is 0 Å². The zero-order valence-corrected chi connectivity index (χ0v) is 16.6. The van der Waals surface area contributed by atoms with E-state index in [4.69, 9.17) is 9.52 Å². The van der Waals surface area contributed by atoms with E-state index in [9.17, 15) is 14.4 Å². The van der Waals surface area contributed by atoms with E-state index in [-0.39, 0.29) is 11.5 Å². The van der Waals surface area contributed by atoms with Crippen LogP contribution in [0.5, 0.6) is 0 Å². The van der Waals surface area contributed by atoms with Crippen LogP contribution in [0.2, 0.25) is 0 Å². The lowest BCUT2D eigenvalue weighted by Crippen LogP contribution is -2.42. The molecule has 1 atom stereocenters. The molecular weight excluding hydrogens is 472 g/mol. The number of halogens is 2. The first-order chi connectivity index (χ1) is 12.3. The Bertz CT molecular complexity index is 858. The van der Waals surface area contributed by atoms with E-state index in [0.29, 0.717) is 10.2 Å². The zero-order chi connectivity index (χ0) is 19.3. The number of hydrogen-bond acceptors (Lipinski definition) is 4. The number of benzene rings is 1. The maximum absolute atomic E-state index is 12.4. The van der Waals surface area contributed by atoms with Crippen molar-refractivity contribution in [2.24, 2.45) is 0 Å². The standard InChI is InChI=1S/C17H14Br2N2O5/c1-9(17(24)25)20-15(22)12(8-10-2-4-11(18)5-3-10)21-16(23)13-6-7-14(19)26-13/h2-9H,1H3,(H,20,22)(H,21,23)(H,24,25)/b12-8-/t9-/m1/s1. The molecule has 1 aromatic carbocycles. The molecular formula is C17H14Br2N2O5. The first-order valence-electron chi connectivity index (χ1n) is 7.34. The van der Waals surface area contributed by atoms with Crippen LogP contribution in [0.25, 0.3) is 6.08 Å². The van der Waals surface area contributed by atoms with Gasteiger partial charge in [0.1, 0.15) is 11.7 Å². The second-order valence-electron chi connectivity index (χ2n) is 5.20. The normalized spacial score (nSPS) is 12.3. The molecule has 0 fully saturated rings. The summed E-state index contributed by atoms with van der Waals surface area (Å²) >= 11 is 6.41. The lowest BCUT2D eigenvalue weighted by molar-refractivity contribution is -0.140. The second kappa shape index (κ2) is 8.81. The van der Waals surface area contributed by atoms with Gasteiger partial charge in [-0.15, -0.1) is 0 Å². The third-order valence-corrected chi connectivity index (χ3v) is 4.14. The van der Waals surface area contributed by atoms with Gasteiger partial charge in [-0.2, -0.15) is 0 Å². The molecule has 0 spiro atoms. The van der Waals surface area contributed by atoms with Crippen molar-refractivity contribution in [1.82, 2.24) is 10.6 Å². The van der Waals surface area contributed by atoms with Crippen LogP contribution in [0.3, 0.4) is 0 Å². The van der Waals surface area contributed by atoms with Gasteiger partial charge in [0.15, 0.2) is 10.4 Å². The van der Waals surface area contributed by atoms with Crippen LogP contribution < -0.4 is 10.6 Å². The molecule has 2 rings (SSSR count). The summed E-state index contributed by atoms with van der Waals surface area (Å²) in [5, 5.41) is 13.7. The molecule has 0 saturated heterocycles. The quantitative estimate of drug-likeness (QED) is 0.544. The summed E-state index contributed by atoms with van der Waals surface area (Å²) in [7, 11) is 0. The van der Waals surface area contributed by atoms with E-state index in [0.717, 1.165) is 4.47 Å². The van der Waals surface area contributed by atoms with Crippen molar-refractivity contribution in [2.45, 2.75) is 13.0 Å². The number of hydrogen-bond donors (Lipinski definition) is 3. The topological polar surface area (TPSA) is 109 Å². The van der Waals surface area contributed by atoms with Gasteiger partial charge in [0, 0.05) is 4.47 Å². The summed E-state index contributed by atoms with van der Waals surface area (Å²) < 4.78 is 6.37. The fraction of sp³-hybridized carbons (Fsp3) is 0.118. The second-order valence-corrected chi connectivity index (χ2v) is 6.90. The van der Waals surface area contributed by atoms with Crippen LogP contribution in [0.15, 0.2) is 55.7 Å². The molecule has 7 nitrogen and oxygen atoms in total. The molecule has 9 heteroatoms. The van der Waals surface area contributed by atoms with Gasteiger partial charge in [-0.3, -0.25) is 14.4 Å². The fourth-order valence-electron chi connectivity index (χ4n) is 1.84. The van der Waals surface area contributed by atoms with Crippen molar-refractivity contribution >= 4 is 55.7 Å². The number of carbonyl (C=O) groups is 3. The van der Waals surface area contributed by atoms with Gasteiger partial charge < -0.3 is 20.2 Å². The van der Waals surface area contributed by atoms with Gasteiger partial charge in [0.2, 0.25) is 0 Å². The maximum Gasteiger partial charge on any atom is 0.325 e. The number of carboxylic acid groups (broad SMARTS) is 1. The smallest absolute Gasteiger partial charge is 0.325 e. The minimum absolute atomic E-state index is 0.00216. The minimum Gasteiger partial charge on any atom is -0.480 e. The molecule has 1 aromatic heterocycles. The Balaban J connectivity index is 2.28. The molecule has 0 aliphatic rings. The van der Waals surface area contributed by atoms with Gasteiger partial charge in [0.25, 0.3) is 11.8 Å². The Morgan fingerprint density at radius 1 is 1.12 bits per heavy atom. The van der Waals surface area contributed by atoms with E-state index in [1.807, 2.05) is 0 Å². The monoisotopic (exact) mass is 484 g/mol. The largest absolute Gasteiger partial charge is 0.480 e. The lowest BCUT2D eigenvalue weighted by Gasteiger charge is -2.13. The molecule has 0 aliphatic carbocycles. The van der Waals surface area contributed by atoms with Gasteiger partial charge in [-0.1, -0.05) is 28.1 Å². The summed E-state index contributed by atoms with van der Waals surface area (Å²) in [6.07, 6.45) is 1.44. The molecule has 0 aliphatic heterocycles. The molecule has 0 bridgehead atoms. The Hall–Kier alpha value is -2.39. The van der Waals surface area contributed by atoms with Gasteiger partial charge in [-0.25, -0.2) is 0 Å². The number of aliphatic carboxylic acids is 1. The number of rotatable bonds is 6. The number of carboxylic acids is 1. The molecule has 136 valence electrons. The lowest BCUT2D eigenvalue weighted by atomic mass is 10.2. The van der Waals surface area contributed by atoms with Crippen LogP contribution in [0.1, 0.15) is 23.0 Å². The fourth-order valence-corrected chi connectivity index (χ4v) is 2.41. The van der Waals surface area contributed by atoms with Crippen LogP contribution in [0.4, 0.5) is 0 Å². The van der Waals surface area contributed by atoms with Crippen LogP contribution >= 0.6 is 31.9 Å². The average molecular weight is 486 g/mol. The van der Waals surface area contributed by atoms with Crippen molar-refractivity contribution in [3.8, 4) is 0 Å². The van der Waals surface area contributed by atoms with E-state index < -0.39 is 23.8 Å². The van der Waals surface area contributed by atoms with Gasteiger partial charge >= 0.3 is 5.97 Å². The summed E-state index contributed by atoms with van der Waals surface area (Å²) in [6, 6.07) is 8.86. The van der Waals surface area contributed by atoms with Crippen molar-refractivity contribution in [3.05, 3.63) is 62.6 Å². The molecule has 0 unspecified atom stereocenters. The zero-order valence-electron chi connectivity index (χ0n) is 13.5. The van der Waals surface area contributed by atoms with E-state index in [2.05, 4.69) is 42.5 Å². The first kappa shape index (κ1) is 19.9. The highest BCUT2D eigenvalue weighted by molar-refractivity contribution is 9.10. The van der Waals surface area contributed by atoms with Crippen LogP contribution in [0, 0.1) is 0 Å². The summed E-state index contributed by atoms with van der Waals surface area (Å²) in [5.41, 5.74) is 0.528. The van der Waals surface area contributed by atoms with Crippen LogP contribution in [-0.2, 0) is 9.59 Å². The Kier molecular flexibility index (Phi) is 6.76. The van der Waals surface area contributed by atoms with E-state index >= 15 is 0 Å². The minimum atomic E-state index is -1.19. The van der Waals surface area contributed by atoms with Gasteiger partial charge in [-0.05, 0) is 58.8 Å². The molecule has 1 heterocycles. The van der Waals surface area contributed by atoms with Gasteiger partial charge in [0.05, 0.1) is 0 Å². The van der Waals surface area contributed by atoms with E-state index in [1.54, 1.807) is 30.3 Å². The molecule has 3 N–H and O–H groups in total. The Labute approximate surface area is 165 Å². The average Bonchev–Trinajstić information content (AvgIpc) is 3.02. The summed E-state index contributed by atoms with van der Waals surface area (Å²) in [5.74, 6) is -2.57. The highest BCUT2D eigenvalue weighted by Gasteiger charge is 2.20. The highest BCUT2D eigenvalue weighted by Crippen LogP contribution is 2.16. The Morgan fingerprint density at radius 2 is 1.77 bits per heavy atom. The summed E-state index contributed by atoms with van der Waals surface area (Å²) in [6.45, 7) is 1.32. The number of nitrogens with one attached hydrogen (secondary N) is 2. The van der Waals surface area contributed by atoms with Crippen LogP contribution in [-0.4, -0.2) is 28.9 Å². The van der Waals surface area contributed by atoms with Crippen molar-refractivity contribution in [2.75, 3.05) is 0 Å². The predicted molar refractivity (Wildman–Crippen MR) is 101 cm³/mol. The maximum atomic E-state index is 12.4. The van der Waals surface area contributed by atoms with Crippen molar-refractivity contribution in [3.63, 3.8) is 0 Å². The third kappa shape index (κ3) is 5.57. The third-order valence-electron chi connectivity index (χ3n) is 3.19. The molecule has 2 aromatic rings. The highest BCUT2D eigenvalue weighted by atomic mass is 79.9. The van der Waals surface area contributed by atoms with Crippen molar-refractivity contribution < 1.29 is 23.9 Å². The summed E-state index contributed by atoms with van der Waals surface area (Å²) in [4.78, 5) is 35.6. The molecule has 0 saturated carbocycles.